The molecule has 0 radical (unpaired) electrons. The van der Waals surface area contributed by atoms with Crippen LogP contribution in [-0.2, 0) is 9.59 Å². The smallest absolute Gasteiger partial charge is 0.142 e. The number of hydrogen-bond donors (Lipinski definition) is 2. The van der Waals surface area contributed by atoms with Crippen molar-refractivity contribution in [3.63, 3.8) is 0 Å². The molecule has 5 aliphatic carbocycles. The lowest BCUT2D eigenvalue weighted by Gasteiger charge is -2.50. The third-order valence-corrected chi connectivity index (χ3v) is 10.6. The quantitative estimate of drug-likeness (QED) is 0.543. The number of carbonyl (C=O) groups is 2. The fourth-order valence-corrected chi connectivity index (χ4v) is 8.70. The van der Waals surface area contributed by atoms with Crippen LogP contribution >= 0.6 is 0 Å². The first kappa shape index (κ1) is 24.9. The zero-order valence-corrected chi connectivity index (χ0v) is 22.1. The van der Waals surface area contributed by atoms with Gasteiger partial charge in [-0.3, -0.25) is 9.59 Å². The second-order valence-corrected chi connectivity index (χ2v) is 13.7. The van der Waals surface area contributed by atoms with E-state index in [1.54, 1.807) is 0 Å². The SMILES string of the molecule is CC(C)(C)C1CCC(NC2CCCC3C(=O)C4C(NC5CCCCC5)CCCC4C(=O)C23)CC1. The van der Waals surface area contributed by atoms with Crippen molar-refractivity contribution in [3.05, 3.63) is 0 Å². The summed E-state index contributed by atoms with van der Waals surface area (Å²) in [5.74, 6) is 1.54. The van der Waals surface area contributed by atoms with Gasteiger partial charge < -0.3 is 10.6 Å². The van der Waals surface area contributed by atoms with Gasteiger partial charge in [0.25, 0.3) is 0 Å². The van der Waals surface area contributed by atoms with Crippen molar-refractivity contribution >= 4 is 11.6 Å². The van der Waals surface area contributed by atoms with Gasteiger partial charge in [-0.25, -0.2) is 0 Å². The van der Waals surface area contributed by atoms with Crippen LogP contribution in [-0.4, -0.2) is 35.7 Å². The van der Waals surface area contributed by atoms with E-state index in [0.29, 0.717) is 29.1 Å². The van der Waals surface area contributed by atoms with Crippen LogP contribution in [0.4, 0.5) is 0 Å². The summed E-state index contributed by atoms with van der Waals surface area (Å²) < 4.78 is 0. The lowest BCUT2D eigenvalue weighted by atomic mass is 9.56. The summed E-state index contributed by atoms with van der Waals surface area (Å²) in [6.07, 6.45) is 17.7. The van der Waals surface area contributed by atoms with Crippen LogP contribution in [0.25, 0.3) is 0 Å². The maximum absolute atomic E-state index is 14.0. The van der Waals surface area contributed by atoms with Crippen molar-refractivity contribution in [3.8, 4) is 0 Å². The normalized spacial score (nSPS) is 42.2. The van der Waals surface area contributed by atoms with Crippen LogP contribution in [0, 0.1) is 35.0 Å². The molecule has 0 spiro atoms. The molecule has 5 rings (SSSR count). The predicted octanol–water partition coefficient (Wildman–Crippen LogP) is 5.82. The summed E-state index contributed by atoms with van der Waals surface area (Å²) in [4.78, 5) is 28.0. The Bertz CT molecular complexity index is 729. The molecule has 4 heteroatoms. The fraction of sp³-hybridized carbons (Fsp3) is 0.933. The van der Waals surface area contributed by atoms with Crippen molar-refractivity contribution in [1.82, 2.24) is 10.6 Å². The van der Waals surface area contributed by atoms with E-state index in [1.165, 1.54) is 57.8 Å². The van der Waals surface area contributed by atoms with Gasteiger partial charge in [-0.15, -0.1) is 0 Å². The van der Waals surface area contributed by atoms with Gasteiger partial charge in [0.15, 0.2) is 0 Å². The van der Waals surface area contributed by atoms with E-state index in [4.69, 9.17) is 0 Å². The molecule has 0 bridgehead atoms. The van der Waals surface area contributed by atoms with Crippen LogP contribution in [0.3, 0.4) is 0 Å². The van der Waals surface area contributed by atoms with Crippen molar-refractivity contribution in [1.29, 1.82) is 0 Å². The average Bonchev–Trinajstić information content (AvgIpc) is 2.83. The van der Waals surface area contributed by atoms with Crippen molar-refractivity contribution in [2.24, 2.45) is 35.0 Å². The van der Waals surface area contributed by atoms with Gasteiger partial charge in [0.1, 0.15) is 11.6 Å². The molecule has 0 heterocycles. The van der Waals surface area contributed by atoms with E-state index in [9.17, 15) is 9.59 Å². The molecule has 4 nitrogen and oxygen atoms in total. The minimum absolute atomic E-state index is 0.0254. The van der Waals surface area contributed by atoms with Crippen LogP contribution in [0.15, 0.2) is 0 Å². The summed E-state index contributed by atoms with van der Waals surface area (Å²) in [6.45, 7) is 7.13. The fourth-order valence-electron chi connectivity index (χ4n) is 8.70. The largest absolute Gasteiger partial charge is 0.310 e. The molecule has 0 aliphatic heterocycles. The summed E-state index contributed by atoms with van der Waals surface area (Å²) in [6, 6.07) is 1.54. The Morgan fingerprint density at radius 1 is 0.559 bits per heavy atom. The van der Waals surface area contributed by atoms with Crippen molar-refractivity contribution in [2.45, 2.75) is 141 Å². The van der Waals surface area contributed by atoms with Gasteiger partial charge in [-0.2, -0.15) is 0 Å². The molecule has 192 valence electrons. The third kappa shape index (κ3) is 5.05. The Morgan fingerprint density at radius 2 is 1.03 bits per heavy atom. The topological polar surface area (TPSA) is 58.2 Å². The molecule has 5 fully saturated rings. The molecule has 0 aromatic heterocycles. The van der Waals surface area contributed by atoms with Gasteiger partial charge in [0.2, 0.25) is 0 Å². The minimum atomic E-state index is -0.0590. The van der Waals surface area contributed by atoms with Crippen LogP contribution in [0.5, 0.6) is 0 Å². The summed E-state index contributed by atoms with van der Waals surface area (Å²) in [5.41, 5.74) is 0.394. The summed E-state index contributed by atoms with van der Waals surface area (Å²) >= 11 is 0. The number of nitrogens with one attached hydrogen (secondary N) is 2. The number of Topliss-reactive ketones (excluding diaryl/α,β-unsaturated/α-hetero) is 2. The van der Waals surface area contributed by atoms with Gasteiger partial charge in [0, 0.05) is 47.8 Å². The van der Waals surface area contributed by atoms with E-state index in [0.717, 1.165) is 44.4 Å². The van der Waals surface area contributed by atoms with E-state index in [2.05, 4.69) is 31.4 Å². The lowest BCUT2D eigenvalue weighted by molar-refractivity contribution is -0.154. The van der Waals surface area contributed by atoms with E-state index in [1.807, 2.05) is 0 Å². The molecule has 5 saturated carbocycles. The lowest BCUT2D eigenvalue weighted by Crippen LogP contribution is -2.63. The highest BCUT2D eigenvalue weighted by atomic mass is 16.1. The second-order valence-electron chi connectivity index (χ2n) is 13.7. The van der Waals surface area contributed by atoms with Crippen molar-refractivity contribution < 1.29 is 9.59 Å². The summed E-state index contributed by atoms with van der Waals surface area (Å²) in [7, 11) is 0. The standard InChI is InChI=1S/C30H50N2O2/c1-30(2,3)19-15-17-21(18-16-19)32-25-14-8-12-23-27(25)29(34)22-11-7-13-24(26(22)28(23)33)31-20-9-5-4-6-10-20/h19-27,31-32H,4-18H2,1-3H3. The number of hydrogen-bond acceptors (Lipinski definition) is 4. The average molecular weight is 471 g/mol. The minimum Gasteiger partial charge on any atom is -0.310 e. The van der Waals surface area contributed by atoms with E-state index in [-0.39, 0.29) is 35.8 Å². The van der Waals surface area contributed by atoms with Crippen LogP contribution in [0.2, 0.25) is 0 Å². The number of rotatable bonds is 4. The zero-order valence-electron chi connectivity index (χ0n) is 22.1. The molecule has 0 aromatic rings. The number of carbonyl (C=O) groups excluding carboxylic acids is 2. The first-order valence-corrected chi connectivity index (χ1v) is 14.9. The Balaban J connectivity index is 1.26. The predicted molar refractivity (Wildman–Crippen MR) is 138 cm³/mol. The monoisotopic (exact) mass is 470 g/mol. The maximum atomic E-state index is 14.0. The van der Waals surface area contributed by atoms with Gasteiger partial charge in [-0.1, -0.05) is 52.9 Å². The van der Waals surface area contributed by atoms with E-state index < -0.39 is 0 Å². The molecule has 0 aromatic carbocycles. The Kier molecular flexibility index (Phi) is 7.57. The third-order valence-electron chi connectivity index (χ3n) is 10.6. The maximum Gasteiger partial charge on any atom is 0.142 e. The number of ketones is 2. The van der Waals surface area contributed by atoms with Crippen molar-refractivity contribution in [2.75, 3.05) is 0 Å². The van der Waals surface area contributed by atoms with Gasteiger partial charge >= 0.3 is 0 Å². The van der Waals surface area contributed by atoms with E-state index >= 15 is 0 Å². The number of fused-ring (bicyclic) bond motifs is 2. The molecular formula is C30H50N2O2. The summed E-state index contributed by atoms with van der Waals surface area (Å²) in [5, 5.41) is 7.87. The van der Waals surface area contributed by atoms with Gasteiger partial charge in [-0.05, 0) is 75.5 Å². The molecule has 6 atom stereocenters. The molecule has 2 N–H and O–H groups in total. The molecule has 34 heavy (non-hydrogen) atoms. The zero-order chi connectivity index (χ0) is 23.9. The Hall–Kier alpha value is -0.740. The molecule has 6 unspecified atom stereocenters. The molecule has 5 aliphatic rings. The first-order chi connectivity index (χ1) is 16.3. The highest BCUT2D eigenvalue weighted by molar-refractivity contribution is 6.00. The van der Waals surface area contributed by atoms with Gasteiger partial charge in [0.05, 0.1) is 0 Å². The highest BCUT2D eigenvalue weighted by Crippen LogP contribution is 2.47. The molecule has 0 amide bonds. The molecule has 0 saturated heterocycles. The Morgan fingerprint density at radius 3 is 1.50 bits per heavy atom. The highest BCUT2D eigenvalue weighted by Gasteiger charge is 2.56. The molecular weight excluding hydrogens is 420 g/mol. The van der Waals surface area contributed by atoms with Crippen LogP contribution < -0.4 is 10.6 Å². The van der Waals surface area contributed by atoms with Crippen LogP contribution in [0.1, 0.15) is 117 Å². The second kappa shape index (κ2) is 10.3. The Labute approximate surface area is 208 Å². The first-order valence-electron chi connectivity index (χ1n) is 14.9.